The van der Waals surface area contributed by atoms with Gasteiger partial charge in [-0.25, -0.2) is 8.42 Å². The van der Waals surface area contributed by atoms with E-state index in [0.29, 0.717) is 23.6 Å². The van der Waals surface area contributed by atoms with E-state index in [-0.39, 0.29) is 10.6 Å². The Morgan fingerprint density at radius 1 is 1.14 bits per heavy atom. The van der Waals surface area contributed by atoms with Crippen LogP contribution in [0.15, 0.2) is 47.4 Å². The molecule has 2 rings (SSSR count). The standard InChI is InChI=1S/C15H17NO4S/c1-3-20-13-9-5-4-8-12(13)16-21(18,19)14-10-6-7-11(2)15(14)17/h4-10,16-17H,3H2,1-2H3. The average molecular weight is 307 g/mol. The number of nitrogens with one attached hydrogen (secondary N) is 1. The lowest BCUT2D eigenvalue weighted by atomic mass is 10.2. The molecule has 0 spiro atoms. The van der Waals surface area contributed by atoms with Crippen molar-refractivity contribution in [2.75, 3.05) is 11.3 Å². The molecule has 0 aliphatic rings. The first kappa shape index (κ1) is 15.2. The third kappa shape index (κ3) is 3.28. The van der Waals surface area contributed by atoms with Crippen molar-refractivity contribution < 1.29 is 18.3 Å². The first-order chi connectivity index (χ1) is 9.95. The second kappa shape index (κ2) is 6.05. The van der Waals surface area contributed by atoms with Crippen LogP contribution in [-0.4, -0.2) is 20.1 Å². The molecule has 112 valence electrons. The zero-order valence-electron chi connectivity index (χ0n) is 11.8. The number of anilines is 1. The predicted octanol–water partition coefficient (Wildman–Crippen LogP) is 2.90. The number of hydrogen-bond donors (Lipinski definition) is 2. The minimum absolute atomic E-state index is 0.159. The van der Waals surface area contributed by atoms with Gasteiger partial charge >= 0.3 is 0 Å². The Labute approximate surface area is 124 Å². The van der Waals surface area contributed by atoms with Crippen molar-refractivity contribution in [1.29, 1.82) is 0 Å². The fourth-order valence-electron chi connectivity index (χ4n) is 1.88. The summed E-state index contributed by atoms with van der Waals surface area (Å²) in [5.41, 5.74) is 0.830. The number of phenols is 1. The molecule has 0 unspecified atom stereocenters. The topological polar surface area (TPSA) is 75.6 Å². The zero-order chi connectivity index (χ0) is 15.5. The van der Waals surface area contributed by atoms with Gasteiger partial charge in [0.15, 0.2) is 0 Å². The van der Waals surface area contributed by atoms with E-state index in [9.17, 15) is 13.5 Å². The molecule has 0 heterocycles. The fourth-order valence-corrected chi connectivity index (χ4v) is 3.12. The molecular weight excluding hydrogens is 290 g/mol. The Kier molecular flexibility index (Phi) is 4.37. The van der Waals surface area contributed by atoms with Crippen LogP contribution in [0, 0.1) is 6.92 Å². The second-order valence-electron chi connectivity index (χ2n) is 4.46. The summed E-state index contributed by atoms with van der Waals surface area (Å²) in [6.45, 7) is 3.88. The van der Waals surface area contributed by atoms with Gasteiger partial charge in [-0.2, -0.15) is 0 Å². The molecule has 0 radical (unpaired) electrons. The summed E-state index contributed by atoms with van der Waals surface area (Å²) in [5, 5.41) is 9.93. The molecule has 0 fully saturated rings. The molecule has 0 aliphatic heterocycles. The highest BCUT2D eigenvalue weighted by molar-refractivity contribution is 7.92. The van der Waals surface area contributed by atoms with Gasteiger partial charge in [0.2, 0.25) is 0 Å². The smallest absolute Gasteiger partial charge is 0.265 e. The Bertz CT molecular complexity index is 741. The van der Waals surface area contributed by atoms with Crippen LogP contribution in [-0.2, 0) is 10.0 Å². The zero-order valence-corrected chi connectivity index (χ0v) is 12.6. The lowest BCUT2D eigenvalue weighted by molar-refractivity contribution is 0.342. The number of rotatable bonds is 5. The summed E-state index contributed by atoms with van der Waals surface area (Å²) in [6, 6.07) is 11.3. The first-order valence-electron chi connectivity index (χ1n) is 6.49. The van der Waals surface area contributed by atoms with Gasteiger partial charge in [-0.15, -0.1) is 0 Å². The molecule has 0 saturated heterocycles. The molecular formula is C15H17NO4S. The van der Waals surface area contributed by atoms with Crippen LogP contribution >= 0.6 is 0 Å². The molecule has 2 aromatic carbocycles. The lowest BCUT2D eigenvalue weighted by Crippen LogP contribution is -2.14. The van der Waals surface area contributed by atoms with Crippen LogP contribution in [0.4, 0.5) is 5.69 Å². The Morgan fingerprint density at radius 3 is 2.57 bits per heavy atom. The van der Waals surface area contributed by atoms with E-state index in [1.165, 1.54) is 6.07 Å². The maximum absolute atomic E-state index is 12.4. The molecule has 0 saturated carbocycles. The van der Waals surface area contributed by atoms with Gasteiger partial charge in [-0.05, 0) is 37.6 Å². The van der Waals surface area contributed by atoms with E-state index < -0.39 is 10.0 Å². The number of sulfonamides is 1. The maximum atomic E-state index is 12.4. The van der Waals surface area contributed by atoms with Crippen molar-refractivity contribution in [1.82, 2.24) is 0 Å². The lowest BCUT2D eigenvalue weighted by Gasteiger charge is -2.14. The summed E-state index contributed by atoms with van der Waals surface area (Å²) >= 11 is 0. The summed E-state index contributed by atoms with van der Waals surface area (Å²) in [5.74, 6) is 0.189. The molecule has 0 bridgehead atoms. The summed E-state index contributed by atoms with van der Waals surface area (Å²) in [6.07, 6.45) is 0. The third-order valence-corrected chi connectivity index (χ3v) is 4.32. The Balaban J connectivity index is 2.40. The van der Waals surface area contributed by atoms with Crippen LogP contribution in [0.3, 0.4) is 0 Å². The molecule has 2 N–H and O–H groups in total. The molecule has 0 aliphatic carbocycles. The Morgan fingerprint density at radius 2 is 1.86 bits per heavy atom. The monoisotopic (exact) mass is 307 g/mol. The van der Waals surface area contributed by atoms with Gasteiger partial charge in [-0.3, -0.25) is 4.72 Å². The van der Waals surface area contributed by atoms with Crippen LogP contribution < -0.4 is 9.46 Å². The molecule has 0 atom stereocenters. The summed E-state index contributed by atoms with van der Waals surface area (Å²) in [4.78, 5) is -0.159. The summed E-state index contributed by atoms with van der Waals surface area (Å²) in [7, 11) is -3.89. The predicted molar refractivity (Wildman–Crippen MR) is 81.3 cm³/mol. The van der Waals surface area contributed by atoms with Crippen LogP contribution in [0.5, 0.6) is 11.5 Å². The van der Waals surface area contributed by atoms with E-state index in [0.717, 1.165) is 0 Å². The minimum atomic E-state index is -3.89. The van der Waals surface area contributed by atoms with Crippen LogP contribution in [0.25, 0.3) is 0 Å². The molecule has 5 nitrogen and oxygen atoms in total. The van der Waals surface area contributed by atoms with Crippen molar-refractivity contribution in [3.63, 3.8) is 0 Å². The van der Waals surface area contributed by atoms with Gasteiger partial charge in [0.25, 0.3) is 10.0 Å². The third-order valence-electron chi connectivity index (χ3n) is 2.92. The average Bonchev–Trinajstić information content (AvgIpc) is 2.44. The van der Waals surface area contributed by atoms with Gasteiger partial charge in [-0.1, -0.05) is 24.3 Å². The molecule has 0 aromatic heterocycles. The van der Waals surface area contributed by atoms with Crippen molar-refractivity contribution >= 4 is 15.7 Å². The number of para-hydroxylation sites is 3. The molecule has 6 heteroatoms. The normalized spacial score (nSPS) is 11.1. The van der Waals surface area contributed by atoms with Crippen molar-refractivity contribution in [2.45, 2.75) is 18.7 Å². The van der Waals surface area contributed by atoms with Crippen molar-refractivity contribution in [2.24, 2.45) is 0 Å². The minimum Gasteiger partial charge on any atom is -0.506 e. The van der Waals surface area contributed by atoms with E-state index >= 15 is 0 Å². The number of aryl methyl sites for hydroxylation is 1. The van der Waals surface area contributed by atoms with Crippen molar-refractivity contribution in [3.8, 4) is 11.5 Å². The fraction of sp³-hybridized carbons (Fsp3) is 0.200. The van der Waals surface area contributed by atoms with Gasteiger partial charge in [0.05, 0.1) is 12.3 Å². The first-order valence-corrected chi connectivity index (χ1v) is 7.97. The molecule has 21 heavy (non-hydrogen) atoms. The van der Waals surface area contributed by atoms with Gasteiger partial charge in [0.1, 0.15) is 16.4 Å². The van der Waals surface area contributed by atoms with Crippen LogP contribution in [0.2, 0.25) is 0 Å². The van der Waals surface area contributed by atoms with E-state index in [2.05, 4.69) is 4.72 Å². The maximum Gasteiger partial charge on any atom is 0.265 e. The molecule has 2 aromatic rings. The highest BCUT2D eigenvalue weighted by atomic mass is 32.2. The van der Waals surface area contributed by atoms with Crippen molar-refractivity contribution in [3.05, 3.63) is 48.0 Å². The highest BCUT2D eigenvalue weighted by Crippen LogP contribution is 2.30. The summed E-state index contributed by atoms with van der Waals surface area (Å²) < 4.78 is 32.6. The van der Waals surface area contributed by atoms with Gasteiger partial charge in [0, 0.05) is 0 Å². The number of aromatic hydroxyl groups is 1. The second-order valence-corrected chi connectivity index (χ2v) is 6.11. The van der Waals surface area contributed by atoms with Gasteiger partial charge < -0.3 is 9.84 Å². The Hall–Kier alpha value is -2.21. The SMILES string of the molecule is CCOc1ccccc1NS(=O)(=O)c1cccc(C)c1O. The van der Waals surface area contributed by atoms with E-state index in [1.54, 1.807) is 43.3 Å². The number of benzene rings is 2. The van der Waals surface area contributed by atoms with E-state index in [1.807, 2.05) is 6.92 Å². The molecule has 0 amide bonds. The number of phenolic OH excluding ortho intramolecular Hbond substituents is 1. The quantitative estimate of drug-likeness (QED) is 0.890. The largest absolute Gasteiger partial charge is 0.506 e. The number of ether oxygens (including phenoxy) is 1. The van der Waals surface area contributed by atoms with Crippen LogP contribution in [0.1, 0.15) is 12.5 Å². The van der Waals surface area contributed by atoms with E-state index in [4.69, 9.17) is 4.74 Å². The highest BCUT2D eigenvalue weighted by Gasteiger charge is 2.21. The number of hydrogen-bond acceptors (Lipinski definition) is 4.